The normalized spacial score (nSPS) is 13.9. The predicted molar refractivity (Wildman–Crippen MR) is 87.1 cm³/mol. The highest BCUT2D eigenvalue weighted by atomic mass is 35.5. The fourth-order valence-corrected chi connectivity index (χ4v) is 2.67. The van der Waals surface area contributed by atoms with Gasteiger partial charge in [-0.15, -0.1) is 0 Å². The summed E-state index contributed by atoms with van der Waals surface area (Å²) in [6.07, 6.45) is 2.06. The van der Waals surface area contributed by atoms with Crippen molar-refractivity contribution < 1.29 is 4.39 Å². The van der Waals surface area contributed by atoms with E-state index in [1.165, 1.54) is 11.6 Å². The zero-order valence-corrected chi connectivity index (χ0v) is 13.2. The first-order valence-corrected chi connectivity index (χ1v) is 7.75. The van der Waals surface area contributed by atoms with Crippen LogP contribution < -0.4 is 5.32 Å². The number of hydrogen-bond donors (Lipinski definition) is 1. The lowest BCUT2D eigenvalue weighted by atomic mass is 9.99. The third-order valence-corrected chi connectivity index (χ3v) is 3.92. The van der Waals surface area contributed by atoms with Crippen LogP contribution in [0.4, 0.5) is 4.39 Å². The topological polar surface area (TPSA) is 12.0 Å². The molecule has 0 heterocycles. The summed E-state index contributed by atoms with van der Waals surface area (Å²) in [6, 6.07) is 14.9. The van der Waals surface area contributed by atoms with E-state index in [1.54, 1.807) is 6.07 Å². The molecule has 2 unspecified atom stereocenters. The summed E-state index contributed by atoms with van der Waals surface area (Å²) >= 11 is 5.95. The molecule has 2 atom stereocenters. The Morgan fingerprint density at radius 3 is 2.38 bits per heavy atom. The van der Waals surface area contributed by atoms with Crippen LogP contribution in [-0.2, 0) is 0 Å². The zero-order valence-electron chi connectivity index (χ0n) is 12.4. The van der Waals surface area contributed by atoms with E-state index in [9.17, 15) is 4.39 Å². The van der Waals surface area contributed by atoms with E-state index in [-0.39, 0.29) is 17.9 Å². The Bertz CT molecular complexity index is 568. The van der Waals surface area contributed by atoms with E-state index < -0.39 is 0 Å². The maximum atomic E-state index is 13.9. The van der Waals surface area contributed by atoms with Gasteiger partial charge >= 0.3 is 0 Å². The molecule has 21 heavy (non-hydrogen) atoms. The van der Waals surface area contributed by atoms with Gasteiger partial charge in [0, 0.05) is 22.7 Å². The maximum absolute atomic E-state index is 13.9. The smallest absolute Gasteiger partial charge is 0.127 e. The summed E-state index contributed by atoms with van der Waals surface area (Å²) < 4.78 is 13.9. The number of nitrogens with one attached hydrogen (secondary N) is 1. The van der Waals surface area contributed by atoms with Gasteiger partial charge in [0.2, 0.25) is 0 Å². The van der Waals surface area contributed by atoms with E-state index in [0.717, 1.165) is 17.9 Å². The Morgan fingerprint density at radius 1 is 1.10 bits per heavy atom. The molecule has 0 aliphatic carbocycles. The van der Waals surface area contributed by atoms with Crippen molar-refractivity contribution in [2.75, 3.05) is 0 Å². The summed E-state index contributed by atoms with van der Waals surface area (Å²) in [4.78, 5) is 0. The highest BCUT2D eigenvalue weighted by molar-refractivity contribution is 6.30. The molecule has 3 heteroatoms. The van der Waals surface area contributed by atoms with E-state index >= 15 is 0 Å². The van der Waals surface area contributed by atoms with Gasteiger partial charge in [0.1, 0.15) is 5.82 Å². The van der Waals surface area contributed by atoms with Crippen molar-refractivity contribution in [3.8, 4) is 0 Å². The molecule has 0 saturated carbocycles. The second-order valence-corrected chi connectivity index (χ2v) is 5.74. The SMILES string of the molecule is CCCC(NC(C)c1ccccc1F)c1ccc(Cl)cc1. The molecule has 1 nitrogen and oxygen atoms in total. The zero-order chi connectivity index (χ0) is 15.2. The second-order valence-electron chi connectivity index (χ2n) is 5.30. The average molecular weight is 306 g/mol. The summed E-state index contributed by atoms with van der Waals surface area (Å²) in [7, 11) is 0. The molecule has 1 N–H and O–H groups in total. The third kappa shape index (κ3) is 4.29. The predicted octanol–water partition coefficient (Wildman–Crippen LogP) is 5.67. The number of halogens is 2. The molecule has 0 amide bonds. The molecule has 0 aromatic heterocycles. The fourth-order valence-electron chi connectivity index (χ4n) is 2.55. The van der Waals surface area contributed by atoms with Crippen molar-refractivity contribution >= 4 is 11.6 Å². The van der Waals surface area contributed by atoms with E-state index in [0.29, 0.717) is 5.56 Å². The minimum Gasteiger partial charge on any atom is -0.303 e. The third-order valence-electron chi connectivity index (χ3n) is 3.67. The van der Waals surface area contributed by atoms with E-state index in [2.05, 4.69) is 12.2 Å². The van der Waals surface area contributed by atoms with Gasteiger partial charge in [-0.3, -0.25) is 0 Å². The van der Waals surface area contributed by atoms with E-state index in [4.69, 9.17) is 11.6 Å². The van der Waals surface area contributed by atoms with Gasteiger partial charge in [0.15, 0.2) is 0 Å². The summed E-state index contributed by atoms with van der Waals surface area (Å²) in [5.41, 5.74) is 1.89. The van der Waals surface area contributed by atoms with Crippen LogP contribution in [0.15, 0.2) is 48.5 Å². The van der Waals surface area contributed by atoms with Crippen molar-refractivity contribution in [2.24, 2.45) is 0 Å². The minimum atomic E-state index is -0.163. The molecule has 0 fully saturated rings. The number of hydrogen-bond acceptors (Lipinski definition) is 1. The first kappa shape index (κ1) is 16.0. The van der Waals surface area contributed by atoms with Crippen LogP contribution in [0.2, 0.25) is 5.02 Å². The largest absolute Gasteiger partial charge is 0.303 e. The Labute approximate surface area is 131 Å². The fraction of sp³-hybridized carbons (Fsp3) is 0.333. The first-order chi connectivity index (χ1) is 10.1. The van der Waals surface area contributed by atoms with Gasteiger partial charge < -0.3 is 5.32 Å². The monoisotopic (exact) mass is 305 g/mol. The van der Waals surface area contributed by atoms with Gasteiger partial charge in [0.05, 0.1) is 0 Å². The lowest BCUT2D eigenvalue weighted by Gasteiger charge is -2.24. The van der Waals surface area contributed by atoms with Crippen LogP contribution in [0.25, 0.3) is 0 Å². The molecule has 2 aromatic carbocycles. The quantitative estimate of drug-likeness (QED) is 0.725. The van der Waals surface area contributed by atoms with Gasteiger partial charge in [-0.2, -0.15) is 0 Å². The minimum absolute atomic E-state index is 0.0431. The first-order valence-electron chi connectivity index (χ1n) is 7.37. The summed E-state index contributed by atoms with van der Waals surface area (Å²) in [5, 5.41) is 4.26. The molecule has 0 aliphatic heterocycles. The molecular formula is C18H21ClFN. The molecule has 0 aliphatic rings. The number of benzene rings is 2. The Balaban J connectivity index is 2.16. The van der Waals surface area contributed by atoms with Gasteiger partial charge in [0.25, 0.3) is 0 Å². The average Bonchev–Trinajstić information content (AvgIpc) is 2.48. The summed E-state index contributed by atoms with van der Waals surface area (Å²) in [6.45, 7) is 4.15. The molecule has 2 aromatic rings. The molecular weight excluding hydrogens is 285 g/mol. The molecule has 0 radical (unpaired) electrons. The highest BCUT2D eigenvalue weighted by Crippen LogP contribution is 2.25. The van der Waals surface area contributed by atoms with Crippen LogP contribution in [0, 0.1) is 5.82 Å². The van der Waals surface area contributed by atoms with Gasteiger partial charge in [-0.1, -0.05) is 55.3 Å². The highest BCUT2D eigenvalue weighted by Gasteiger charge is 2.16. The molecule has 0 spiro atoms. The molecule has 112 valence electrons. The van der Waals surface area contributed by atoms with Gasteiger partial charge in [-0.05, 0) is 37.1 Å². The standard InChI is InChI=1S/C18H21ClFN/c1-3-6-18(14-9-11-15(19)12-10-14)21-13(2)16-7-4-5-8-17(16)20/h4-5,7-13,18,21H,3,6H2,1-2H3. The van der Waals surface area contributed by atoms with Crippen LogP contribution in [0.1, 0.15) is 49.9 Å². The van der Waals surface area contributed by atoms with Crippen LogP contribution in [-0.4, -0.2) is 0 Å². The van der Waals surface area contributed by atoms with Crippen molar-refractivity contribution in [3.63, 3.8) is 0 Å². The van der Waals surface area contributed by atoms with Crippen molar-refractivity contribution in [3.05, 3.63) is 70.5 Å². The lowest BCUT2D eigenvalue weighted by molar-refractivity contribution is 0.428. The van der Waals surface area contributed by atoms with Crippen molar-refractivity contribution in [1.29, 1.82) is 0 Å². The maximum Gasteiger partial charge on any atom is 0.127 e. The molecule has 0 bridgehead atoms. The van der Waals surface area contributed by atoms with E-state index in [1.807, 2.05) is 43.3 Å². The Morgan fingerprint density at radius 2 is 1.76 bits per heavy atom. The summed E-state index contributed by atoms with van der Waals surface area (Å²) in [5.74, 6) is -0.163. The lowest BCUT2D eigenvalue weighted by Crippen LogP contribution is -2.25. The second kappa shape index (κ2) is 7.58. The molecule has 0 saturated heterocycles. The van der Waals surface area contributed by atoms with Crippen LogP contribution >= 0.6 is 11.6 Å². The van der Waals surface area contributed by atoms with Crippen molar-refractivity contribution in [2.45, 2.75) is 38.8 Å². The van der Waals surface area contributed by atoms with Crippen LogP contribution in [0.5, 0.6) is 0 Å². The number of rotatable bonds is 6. The Kier molecular flexibility index (Phi) is 5.77. The Hall–Kier alpha value is -1.38. The van der Waals surface area contributed by atoms with Gasteiger partial charge in [-0.25, -0.2) is 4.39 Å². The molecule has 2 rings (SSSR count). The van der Waals surface area contributed by atoms with Crippen LogP contribution in [0.3, 0.4) is 0 Å². The van der Waals surface area contributed by atoms with Crippen molar-refractivity contribution in [1.82, 2.24) is 5.32 Å².